The molecule has 0 radical (unpaired) electrons. The standard InChI is InChI=1S/C10H20OS/c1-5-9(7-8-12)11-10(3,4)6-2/h5,12H,6-8H2,1-4H3. The Morgan fingerprint density at radius 2 is 2.08 bits per heavy atom. The second kappa shape index (κ2) is 5.52. The molecule has 0 saturated heterocycles. The van der Waals surface area contributed by atoms with Crippen molar-refractivity contribution in [3.63, 3.8) is 0 Å². The van der Waals surface area contributed by atoms with Crippen LogP contribution in [0.3, 0.4) is 0 Å². The van der Waals surface area contributed by atoms with E-state index in [0.29, 0.717) is 0 Å². The van der Waals surface area contributed by atoms with Gasteiger partial charge in [0.25, 0.3) is 0 Å². The molecule has 0 aromatic heterocycles. The molecule has 0 aromatic rings. The van der Waals surface area contributed by atoms with Gasteiger partial charge in [0.2, 0.25) is 0 Å². The zero-order valence-corrected chi connectivity index (χ0v) is 9.45. The fourth-order valence-electron chi connectivity index (χ4n) is 0.792. The molecule has 12 heavy (non-hydrogen) atoms. The minimum atomic E-state index is -0.0369. The number of hydrogen-bond donors (Lipinski definition) is 1. The Morgan fingerprint density at radius 3 is 2.42 bits per heavy atom. The van der Waals surface area contributed by atoms with Gasteiger partial charge in [-0.3, -0.25) is 0 Å². The SMILES string of the molecule is CC=C(CCS)OC(C)(C)CC. The van der Waals surface area contributed by atoms with E-state index < -0.39 is 0 Å². The number of rotatable bonds is 5. The summed E-state index contributed by atoms with van der Waals surface area (Å²) in [6.07, 6.45) is 3.97. The van der Waals surface area contributed by atoms with Gasteiger partial charge < -0.3 is 4.74 Å². The van der Waals surface area contributed by atoms with E-state index in [9.17, 15) is 0 Å². The molecule has 0 N–H and O–H groups in total. The van der Waals surface area contributed by atoms with Gasteiger partial charge in [-0.15, -0.1) is 0 Å². The van der Waals surface area contributed by atoms with Crippen molar-refractivity contribution in [2.45, 2.75) is 46.1 Å². The van der Waals surface area contributed by atoms with Crippen LogP contribution in [0.5, 0.6) is 0 Å². The van der Waals surface area contributed by atoms with Crippen molar-refractivity contribution in [2.75, 3.05) is 5.75 Å². The van der Waals surface area contributed by atoms with Crippen LogP contribution in [0.15, 0.2) is 11.8 Å². The van der Waals surface area contributed by atoms with Crippen LogP contribution in [0.4, 0.5) is 0 Å². The van der Waals surface area contributed by atoms with Gasteiger partial charge in [-0.1, -0.05) is 6.92 Å². The summed E-state index contributed by atoms with van der Waals surface area (Å²) in [5, 5.41) is 0. The van der Waals surface area contributed by atoms with Crippen LogP contribution in [-0.2, 0) is 4.74 Å². The van der Waals surface area contributed by atoms with Crippen LogP contribution in [-0.4, -0.2) is 11.4 Å². The highest BCUT2D eigenvalue weighted by molar-refractivity contribution is 7.80. The third kappa shape index (κ3) is 4.70. The molecule has 0 aliphatic carbocycles. The summed E-state index contributed by atoms with van der Waals surface area (Å²) in [5.41, 5.74) is -0.0369. The summed E-state index contributed by atoms with van der Waals surface area (Å²) in [6.45, 7) is 8.35. The van der Waals surface area contributed by atoms with E-state index in [1.165, 1.54) is 0 Å². The maximum atomic E-state index is 5.79. The molecule has 0 fully saturated rings. The van der Waals surface area contributed by atoms with Crippen molar-refractivity contribution < 1.29 is 4.74 Å². The number of hydrogen-bond acceptors (Lipinski definition) is 2. The maximum absolute atomic E-state index is 5.79. The molecule has 0 saturated carbocycles. The lowest BCUT2D eigenvalue weighted by Gasteiger charge is -2.26. The van der Waals surface area contributed by atoms with Crippen molar-refractivity contribution in [2.24, 2.45) is 0 Å². The van der Waals surface area contributed by atoms with E-state index >= 15 is 0 Å². The summed E-state index contributed by atoms with van der Waals surface area (Å²) in [7, 11) is 0. The predicted molar refractivity (Wildman–Crippen MR) is 57.7 cm³/mol. The van der Waals surface area contributed by atoms with E-state index in [0.717, 1.165) is 24.4 Å². The summed E-state index contributed by atoms with van der Waals surface area (Å²) in [5.74, 6) is 1.90. The van der Waals surface area contributed by atoms with Gasteiger partial charge in [-0.25, -0.2) is 0 Å². The number of ether oxygens (including phenoxy) is 1. The Morgan fingerprint density at radius 1 is 1.50 bits per heavy atom. The molecule has 0 bridgehead atoms. The Bertz CT molecular complexity index is 150. The molecule has 0 aromatic carbocycles. The van der Waals surface area contributed by atoms with Gasteiger partial charge in [0.1, 0.15) is 5.60 Å². The Labute approximate surface area is 81.6 Å². The minimum absolute atomic E-state index is 0.0369. The molecule has 0 unspecified atom stereocenters. The summed E-state index contributed by atoms with van der Waals surface area (Å²) < 4.78 is 5.79. The van der Waals surface area contributed by atoms with Crippen molar-refractivity contribution >= 4 is 12.6 Å². The van der Waals surface area contributed by atoms with Crippen LogP contribution >= 0.6 is 12.6 Å². The van der Waals surface area contributed by atoms with E-state index in [-0.39, 0.29) is 5.60 Å². The zero-order valence-electron chi connectivity index (χ0n) is 8.55. The van der Waals surface area contributed by atoms with Gasteiger partial charge in [0.15, 0.2) is 0 Å². The first-order valence-corrected chi connectivity index (χ1v) is 5.14. The fraction of sp³-hybridized carbons (Fsp3) is 0.800. The van der Waals surface area contributed by atoms with Crippen LogP contribution in [0.2, 0.25) is 0 Å². The van der Waals surface area contributed by atoms with Crippen LogP contribution < -0.4 is 0 Å². The molecular formula is C10H20OS. The highest BCUT2D eigenvalue weighted by atomic mass is 32.1. The summed E-state index contributed by atoms with van der Waals surface area (Å²) in [6, 6.07) is 0. The quantitative estimate of drug-likeness (QED) is 0.514. The van der Waals surface area contributed by atoms with Crippen molar-refractivity contribution in [1.29, 1.82) is 0 Å². The lowest BCUT2D eigenvalue weighted by molar-refractivity contribution is 0.0279. The lowest BCUT2D eigenvalue weighted by Crippen LogP contribution is -2.22. The van der Waals surface area contributed by atoms with Crippen LogP contribution in [0, 0.1) is 0 Å². The van der Waals surface area contributed by atoms with Gasteiger partial charge in [-0.05, 0) is 39.0 Å². The first-order valence-electron chi connectivity index (χ1n) is 4.50. The van der Waals surface area contributed by atoms with Crippen molar-refractivity contribution in [3.8, 4) is 0 Å². The summed E-state index contributed by atoms with van der Waals surface area (Å²) in [4.78, 5) is 0. The van der Waals surface area contributed by atoms with E-state index in [1.54, 1.807) is 0 Å². The fourth-order valence-corrected chi connectivity index (χ4v) is 1.01. The summed E-state index contributed by atoms with van der Waals surface area (Å²) >= 11 is 4.17. The first kappa shape index (κ1) is 11.9. The molecular weight excluding hydrogens is 168 g/mol. The second-order valence-corrected chi connectivity index (χ2v) is 3.89. The topological polar surface area (TPSA) is 9.23 Å². The molecule has 1 nitrogen and oxygen atoms in total. The Balaban J connectivity index is 4.03. The highest BCUT2D eigenvalue weighted by Gasteiger charge is 2.17. The van der Waals surface area contributed by atoms with Crippen LogP contribution in [0.25, 0.3) is 0 Å². The monoisotopic (exact) mass is 188 g/mol. The Kier molecular flexibility index (Phi) is 5.47. The van der Waals surface area contributed by atoms with Gasteiger partial charge in [0, 0.05) is 6.42 Å². The van der Waals surface area contributed by atoms with Gasteiger partial charge >= 0.3 is 0 Å². The van der Waals surface area contributed by atoms with Gasteiger partial charge in [-0.2, -0.15) is 12.6 Å². The highest BCUT2D eigenvalue weighted by Crippen LogP contribution is 2.20. The molecule has 0 rings (SSSR count). The Hall–Kier alpha value is -0.110. The zero-order chi connectivity index (χ0) is 9.61. The molecule has 0 spiro atoms. The third-order valence-corrected chi connectivity index (χ3v) is 2.16. The predicted octanol–water partition coefficient (Wildman–Crippen LogP) is 3.42. The number of thiol groups is 1. The van der Waals surface area contributed by atoms with Crippen molar-refractivity contribution in [3.05, 3.63) is 11.8 Å². The molecule has 0 aliphatic rings. The average Bonchev–Trinajstić information content (AvgIpc) is 2.03. The maximum Gasteiger partial charge on any atom is 0.103 e. The lowest BCUT2D eigenvalue weighted by atomic mass is 10.1. The largest absolute Gasteiger partial charge is 0.493 e. The van der Waals surface area contributed by atoms with E-state index in [4.69, 9.17) is 4.74 Å². The molecule has 0 heterocycles. The third-order valence-electron chi connectivity index (χ3n) is 1.94. The van der Waals surface area contributed by atoms with E-state index in [2.05, 4.69) is 33.4 Å². The number of allylic oxidation sites excluding steroid dienone is 2. The smallest absolute Gasteiger partial charge is 0.103 e. The second-order valence-electron chi connectivity index (χ2n) is 3.44. The molecule has 0 amide bonds. The normalized spacial score (nSPS) is 13.2. The first-order chi connectivity index (χ1) is 5.55. The van der Waals surface area contributed by atoms with Crippen molar-refractivity contribution in [1.82, 2.24) is 0 Å². The molecule has 0 atom stereocenters. The van der Waals surface area contributed by atoms with E-state index in [1.807, 2.05) is 13.0 Å². The molecule has 2 heteroatoms. The molecule has 72 valence electrons. The van der Waals surface area contributed by atoms with Gasteiger partial charge in [0.05, 0.1) is 5.76 Å². The minimum Gasteiger partial charge on any atom is -0.493 e. The molecule has 0 aliphatic heterocycles. The van der Waals surface area contributed by atoms with Crippen LogP contribution in [0.1, 0.15) is 40.5 Å². The average molecular weight is 188 g/mol.